The monoisotopic (exact) mass is 229 g/mol. The van der Waals surface area contributed by atoms with Crippen LogP contribution in [0.25, 0.3) is 11.5 Å². The number of hydrogen-bond donors (Lipinski definition) is 1. The largest absolute Gasteiger partial charge is 0.478 e. The highest BCUT2D eigenvalue weighted by Crippen LogP contribution is 2.07. The summed E-state index contributed by atoms with van der Waals surface area (Å²) in [5.41, 5.74) is 0.801. The van der Waals surface area contributed by atoms with E-state index in [0.29, 0.717) is 11.5 Å². The van der Waals surface area contributed by atoms with Gasteiger partial charge in [-0.2, -0.15) is 10.2 Å². The fourth-order valence-corrected chi connectivity index (χ4v) is 1.49. The van der Waals surface area contributed by atoms with Gasteiger partial charge in [-0.05, 0) is 0 Å². The molecule has 0 aromatic carbocycles. The number of fused-ring (bicyclic) bond motifs is 1. The highest BCUT2D eigenvalue weighted by atomic mass is 16.4. The molecule has 0 radical (unpaired) electrons. The van der Waals surface area contributed by atoms with E-state index in [9.17, 15) is 4.79 Å². The maximum atomic E-state index is 10.7. The number of aromatic nitrogens is 5. The van der Waals surface area contributed by atoms with Crippen molar-refractivity contribution < 1.29 is 9.90 Å². The molecule has 0 bridgehead atoms. The van der Waals surface area contributed by atoms with E-state index in [0.717, 1.165) is 0 Å². The van der Waals surface area contributed by atoms with Crippen LogP contribution in [-0.2, 0) is 0 Å². The van der Waals surface area contributed by atoms with Crippen LogP contribution in [-0.4, -0.2) is 35.5 Å². The van der Waals surface area contributed by atoms with Crippen LogP contribution in [0.2, 0.25) is 0 Å². The number of nitrogens with zero attached hydrogens (tertiary/aromatic N) is 5. The number of rotatable bonds is 2. The predicted octanol–water partition coefficient (Wildman–Crippen LogP) is 0.613. The van der Waals surface area contributed by atoms with Crippen molar-refractivity contribution in [2.75, 3.05) is 0 Å². The first-order valence-electron chi connectivity index (χ1n) is 4.83. The quantitative estimate of drug-likeness (QED) is 0.696. The molecule has 17 heavy (non-hydrogen) atoms. The molecule has 0 fully saturated rings. The van der Waals surface area contributed by atoms with E-state index in [4.69, 9.17) is 5.11 Å². The van der Waals surface area contributed by atoms with E-state index in [1.54, 1.807) is 29.0 Å². The van der Waals surface area contributed by atoms with E-state index < -0.39 is 5.97 Å². The summed E-state index contributed by atoms with van der Waals surface area (Å²) in [6.45, 7) is 0. The zero-order valence-corrected chi connectivity index (χ0v) is 8.56. The van der Waals surface area contributed by atoms with Crippen LogP contribution in [0.15, 0.2) is 36.9 Å². The predicted molar refractivity (Wildman–Crippen MR) is 57.1 cm³/mol. The first-order chi connectivity index (χ1) is 8.24. The van der Waals surface area contributed by atoms with Gasteiger partial charge < -0.3 is 5.11 Å². The maximum absolute atomic E-state index is 10.7. The number of carbonyl (C=O) groups is 1. The van der Waals surface area contributed by atoms with Gasteiger partial charge in [-0.15, -0.1) is 0 Å². The lowest BCUT2D eigenvalue weighted by Gasteiger charge is -1.99. The van der Waals surface area contributed by atoms with E-state index >= 15 is 0 Å². The molecule has 7 nitrogen and oxygen atoms in total. The summed E-state index contributed by atoms with van der Waals surface area (Å²) in [6, 6.07) is 3.46. The summed E-state index contributed by atoms with van der Waals surface area (Å²) in [4.78, 5) is 15.0. The molecule has 0 unspecified atom stereocenters. The van der Waals surface area contributed by atoms with Crippen molar-refractivity contribution in [3.8, 4) is 5.82 Å². The van der Waals surface area contributed by atoms with Crippen molar-refractivity contribution in [3.05, 3.63) is 42.5 Å². The molecule has 3 heterocycles. The summed E-state index contributed by atoms with van der Waals surface area (Å²) in [5, 5.41) is 16.8. The second kappa shape index (κ2) is 3.41. The summed E-state index contributed by atoms with van der Waals surface area (Å²) >= 11 is 0. The fraction of sp³-hybridized carbons (Fsp3) is 0. The molecule has 0 saturated carbocycles. The molecule has 3 rings (SSSR count). The van der Waals surface area contributed by atoms with Crippen molar-refractivity contribution in [1.29, 1.82) is 0 Å². The number of carboxylic acids is 1. The van der Waals surface area contributed by atoms with Crippen molar-refractivity contribution in [1.82, 2.24) is 24.4 Å². The van der Waals surface area contributed by atoms with Gasteiger partial charge in [0.05, 0.1) is 18.0 Å². The maximum Gasteiger partial charge on any atom is 0.338 e. The van der Waals surface area contributed by atoms with Crippen molar-refractivity contribution in [3.63, 3.8) is 0 Å². The lowest BCUT2D eigenvalue weighted by Crippen LogP contribution is -2.00. The highest BCUT2D eigenvalue weighted by molar-refractivity contribution is 5.86. The van der Waals surface area contributed by atoms with Gasteiger partial charge in [0.1, 0.15) is 0 Å². The molecule has 3 aromatic rings. The molecule has 0 spiro atoms. The zero-order valence-electron chi connectivity index (χ0n) is 8.56. The Morgan fingerprint density at radius 1 is 1.29 bits per heavy atom. The van der Waals surface area contributed by atoms with E-state index in [1.807, 2.05) is 0 Å². The lowest BCUT2D eigenvalue weighted by molar-refractivity contribution is 0.0697. The van der Waals surface area contributed by atoms with Gasteiger partial charge in [-0.1, -0.05) is 0 Å². The van der Waals surface area contributed by atoms with Crippen molar-refractivity contribution in [2.45, 2.75) is 0 Å². The SMILES string of the molecule is O=C(O)c1cnn(-c2ccn3nccc3n2)c1. The molecular formula is C10H7N5O2. The average molecular weight is 229 g/mol. The molecule has 7 heteroatoms. The Labute approximate surface area is 94.9 Å². The Morgan fingerprint density at radius 3 is 2.94 bits per heavy atom. The second-order valence-electron chi connectivity index (χ2n) is 3.40. The van der Waals surface area contributed by atoms with Gasteiger partial charge in [0.15, 0.2) is 11.5 Å². The van der Waals surface area contributed by atoms with Crippen LogP contribution < -0.4 is 0 Å². The van der Waals surface area contributed by atoms with Crippen LogP contribution in [0.5, 0.6) is 0 Å². The molecule has 0 atom stereocenters. The zero-order chi connectivity index (χ0) is 11.8. The topological polar surface area (TPSA) is 85.3 Å². The summed E-state index contributed by atoms with van der Waals surface area (Å²) in [6.07, 6.45) is 6.07. The standard InChI is InChI=1S/C10H7N5O2/c16-10(17)7-5-12-15(6-7)9-2-4-14-8(13-9)1-3-11-14/h1-6H,(H,16,17). The Hall–Kier alpha value is -2.70. The summed E-state index contributed by atoms with van der Waals surface area (Å²) in [7, 11) is 0. The molecular weight excluding hydrogens is 222 g/mol. The molecule has 0 aliphatic rings. The number of carboxylic acid groups (broad SMARTS) is 1. The van der Waals surface area contributed by atoms with Crippen molar-refractivity contribution >= 4 is 11.6 Å². The second-order valence-corrected chi connectivity index (χ2v) is 3.40. The van der Waals surface area contributed by atoms with Crippen LogP contribution in [0.4, 0.5) is 0 Å². The third-order valence-electron chi connectivity index (χ3n) is 2.31. The normalized spacial score (nSPS) is 10.8. The number of hydrogen-bond acceptors (Lipinski definition) is 4. The molecule has 0 aliphatic heterocycles. The highest BCUT2D eigenvalue weighted by Gasteiger charge is 2.08. The summed E-state index contributed by atoms with van der Waals surface area (Å²) in [5.74, 6) is -0.466. The number of aromatic carboxylic acids is 1. The van der Waals surface area contributed by atoms with E-state index in [1.165, 1.54) is 17.1 Å². The van der Waals surface area contributed by atoms with Gasteiger partial charge >= 0.3 is 5.97 Å². The van der Waals surface area contributed by atoms with Gasteiger partial charge in [-0.3, -0.25) is 0 Å². The van der Waals surface area contributed by atoms with E-state index in [2.05, 4.69) is 15.2 Å². The first-order valence-corrected chi connectivity index (χ1v) is 4.83. The first kappa shape index (κ1) is 9.52. The van der Waals surface area contributed by atoms with Crippen LogP contribution in [0.1, 0.15) is 10.4 Å². The third-order valence-corrected chi connectivity index (χ3v) is 2.31. The minimum atomic E-state index is -1.01. The fourth-order valence-electron chi connectivity index (χ4n) is 1.49. The van der Waals surface area contributed by atoms with Gasteiger partial charge in [0.2, 0.25) is 0 Å². The lowest BCUT2D eigenvalue weighted by atomic mass is 10.4. The van der Waals surface area contributed by atoms with Gasteiger partial charge in [-0.25, -0.2) is 19.0 Å². The Morgan fingerprint density at radius 2 is 2.18 bits per heavy atom. The summed E-state index contributed by atoms with van der Waals surface area (Å²) < 4.78 is 3.03. The average Bonchev–Trinajstić information content (AvgIpc) is 2.97. The Kier molecular flexibility index (Phi) is 1.91. The van der Waals surface area contributed by atoms with Crippen LogP contribution in [0, 0.1) is 0 Å². The smallest absolute Gasteiger partial charge is 0.338 e. The molecule has 0 amide bonds. The molecule has 0 saturated heterocycles. The molecule has 84 valence electrons. The molecule has 1 N–H and O–H groups in total. The Bertz CT molecular complexity index is 699. The van der Waals surface area contributed by atoms with Crippen LogP contribution in [0.3, 0.4) is 0 Å². The van der Waals surface area contributed by atoms with Gasteiger partial charge in [0.25, 0.3) is 0 Å². The Balaban J connectivity index is 2.09. The van der Waals surface area contributed by atoms with Crippen LogP contribution >= 0.6 is 0 Å². The van der Waals surface area contributed by atoms with E-state index in [-0.39, 0.29) is 5.56 Å². The third kappa shape index (κ3) is 1.53. The minimum absolute atomic E-state index is 0.125. The van der Waals surface area contributed by atoms with Crippen molar-refractivity contribution in [2.24, 2.45) is 0 Å². The molecule has 0 aliphatic carbocycles. The minimum Gasteiger partial charge on any atom is -0.478 e. The molecule has 3 aromatic heterocycles. The van der Waals surface area contributed by atoms with Gasteiger partial charge in [0, 0.05) is 24.5 Å².